The largest absolute Gasteiger partial charge is 0.490 e. The van der Waals surface area contributed by atoms with E-state index in [4.69, 9.17) is 14.6 Å². The van der Waals surface area contributed by atoms with Crippen LogP contribution in [0, 0.1) is 0 Å². The number of hydrogen-bond donors (Lipinski definition) is 2. The zero-order valence-corrected chi connectivity index (χ0v) is 18.7. The van der Waals surface area contributed by atoms with Crippen LogP contribution in [0.1, 0.15) is 22.6 Å². The van der Waals surface area contributed by atoms with Crippen molar-refractivity contribution < 1.29 is 32.6 Å². The standard InChI is InChI=1S/C21H21N3O2S.C2HF3O2/c25-20(19-9-15-5-1-2-7-18(15)23-19)24-13-21(14-24)10-17(12-27-21)26-11-16-6-3-4-8-22-16;3-2(4,5)1(6)7/h1-9,17,23H,10-14H2;(H,6,7). The van der Waals surface area contributed by atoms with Gasteiger partial charge in [-0.1, -0.05) is 24.3 Å². The number of likely N-dealkylation sites (tertiary alicyclic amines) is 1. The predicted molar refractivity (Wildman–Crippen MR) is 121 cm³/mol. The van der Waals surface area contributed by atoms with Crippen molar-refractivity contribution in [1.29, 1.82) is 0 Å². The highest BCUT2D eigenvalue weighted by Crippen LogP contribution is 2.46. The van der Waals surface area contributed by atoms with Gasteiger partial charge in [0.15, 0.2) is 0 Å². The first kappa shape index (κ1) is 24.1. The maximum Gasteiger partial charge on any atom is 0.490 e. The summed E-state index contributed by atoms with van der Waals surface area (Å²) in [7, 11) is 0. The minimum Gasteiger partial charge on any atom is -0.475 e. The second kappa shape index (κ2) is 9.67. The number of halogens is 3. The summed E-state index contributed by atoms with van der Waals surface area (Å²) < 4.78 is 37.9. The molecule has 2 aromatic heterocycles. The van der Waals surface area contributed by atoms with Crippen LogP contribution in [0.3, 0.4) is 0 Å². The lowest BCUT2D eigenvalue weighted by atomic mass is 9.92. The number of pyridine rings is 1. The number of fused-ring (bicyclic) bond motifs is 1. The van der Waals surface area contributed by atoms with Gasteiger partial charge < -0.3 is 19.7 Å². The number of thioether (sulfide) groups is 1. The third-order valence-corrected chi connectivity index (χ3v) is 7.19. The molecule has 1 spiro atoms. The number of carbonyl (C=O) groups excluding carboxylic acids is 1. The van der Waals surface area contributed by atoms with Gasteiger partial charge in [-0.2, -0.15) is 13.2 Å². The molecular weight excluding hydrogens is 471 g/mol. The molecule has 11 heteroatoms. The van der Waals surface area contributed by atoms with Crippen LogP contribution in [0.15, 0.2) is 54.7 Å². The molecule has 0 radical (unpaired) electrons. The number of H-pyrrole nitrogens is 1. The topological polar surface area (TPSA) is 95.5 Å². The summed E-state index contributed by atoms with van der Waals surface area (Å²) in [6, 6.07) is 15.8. The van der Waals surface area contributed by atoms with Gasteiger partial charge in [-0.05, 0) is 30.7 Å². The number of nitrogens with one attached hydrogen (secondary N) is 1. The maximum absolute atomic E-state index is 12.8. The first-order valence-electron chi connectivity index (χ1n) is 10.5. The molecule has 2 aliphatic heterocycles. The van der Waals surface area contributed by atoms with Crippen molar-refractivity contribution in [3.05, 3.63) is 66.1 Å². The summed E-state index contributed by atoms with van der Waals surface area (Å²) >= 11 is 1.95. The molecule has 1 aromatic carbocycles. The molecule has 5 rings (SSSR count). The van der Waals surface area contributed by atoms with Crippen LogP contribution < -0.4 is 0 Å². The average molecular weight is 494 g/mol. The Morgan fingerprint density at radius 1 is 1.21 bits per heavy atom. The van der Waals surface area contributed by atoms with Crippen LogP contribution in [0.25, 0.3) is 10.9 Å². The first-order valence-corrected chi connectivity index (χ1v) is 11.5. The van der Waals surface area contributed by atoms with E-state index < -0.39 is 12.1 Å². The predicted octanol–water partition coefficient (Wildman–Crippen LogP) is 4.11. The van der Waals surface area contributed by atoms with E-state index in [2.05, 4.69) is 9.97 Å². The van der Waals surface area contributed by atoms with Crippen molar-refractivity contribution in [1.82, 2.24) is 14.9 Å². The number of carboxylic acids is 1. The molecule has 2 N–H and O–H groups in total. The number of aromatic amines is 1. The number of carboxylic acid groups (broad SMARTS) is 1. The number of carbonyl (C=O) groups is 2. The molecule has 7 nitrogen and oxygen atoms in total. The molecule has 2 fully saturated rings. The van der Waals surface area contributed by atoms with Crippen molar-refractivity contribution in [2.75, 3.05) is 18.8 Å². The molecule has 4 heterocycles. The van der Waals surface area contributed by atoms with Crippen LogP contribution >= 0.6 is 11.8 Å². The number of hydrogen-bond acceptors (Lipinski definition) is 5. The van der Waals surface area contributed by atoms with Gasteiger partial charge >= 0.3 is 12.1 Å². The number of aliphatic carboxylic acids is 1. The molecule has 2 saturated heterocycles. The second-order valence-corrected chi connectivity index (χ2v) is 9.67. The van der Waals surface area contributed by atoms with Gasteiger partial charge in [0, 0.05) is 35.9 Å². The zero-order valence-electron chi connectivity index (χ0n) is 17.9. The minimum atomic E-state index is -5.08. The molecule has 0 aliphatic carbocycles. The number of benzene rings is 1. The number of amides is 1. The fourth-order valence-corrected chi connectivity index (χ4v) is 5.52. The van der Waals surface area contributed by atoms with Gasteiger partial charge in [-0.25, -0.2) is 4.79 Å². The summed E-state index contributed by atoms with van der Waals surface area (Å²) in [6.07, 6.45) is -2.05. The Hall–Kier alpha value is -3.05. The average Bonchev–Trinajstić information content (AvgIpc) is 3.41. The molecule has 180 valence electrons. The molecule has 0 bridgehead atoms. The Kier molecular flexibility index (Phi) is 6.85. The Morgan fingerprint density at radius 3 is 2.56 bits per heavy atom. The summed E-state index contributed by atoms with van der Waals surface area (Å²) in [4.78, 5) is 31.2. The monoisotopic (exact) mass is 493 g/mol. The number of nitrogens with zero attached hydrogens (tertiary/aromatic N) is 2. The minimum absolute atomic E-state index is 0.0929. The van der Waals surface area contributed by atoms with E-state index in [1.165, 1.54) is 0 Å². The number of rotatable bonds is 4. The summed E-state index contributed by atoms with van der Waals surface area (Å²) in [5.41, 5.74) is 2.65. The SMILES string of the molecule is O=C(O)C(F)(F)F.O=C(c1cc2ccccc2[nH]1)N1CC2(CC(OCc3ccccn3)CS2)C1. The Morgan fingerprint density at radius 2 is 1.91 bits per heavy atom. The van der Waals surface area contributed by atoms with Gasteiger partial charge in [0.25, 0.3) is 5.91 Å². The van der Waals surface area contributed by atoms with Crippen molar-refractivity contribution in [2.45, 2.75) is 30.1 Å². The Bertz CT molecular complexity index is 1130. The molecule has 3 aromatic rings. The Balaban J connectivity index is 0.000000344. The van der Waals surface area contributed by atoms with Gasteiger partial charge in [0.05, 0.1) is 23.2 Å². The smallest absolute Gasteiger partial charge is 0.475 e. The summed E-state index contributed by atoms with van der Waals surface area (Å²) in [6.45, 7) is 2.16. The van der Waals surface area contributed by atoms with Gasteiger partial charge in [-0.15, -0.1) is 11.8 Å². The lowest BCUT2D eigenvalue weighted by Crippen LogP contribution is -2.60. The number of ether oxygens (including phenoxy) is 1. The third-order valence-electron chi connectivity index (χ3n) is 5.62. The lowest BCUT2D eigenvalue weighted by Gasteiger charge is -2.47. The highest BCUT2D eigenvalue weighted by molar-refractivity contribution is 8.01. The number of para-hydroxylation sites is 1. The molecule has 1 unspecified atom stereocenters. The van der Waals surface area contributed by atoms with E-state index in [1.807, 2.05) is 65.2 Å². The van der Waals surface area contributed by atoms with Gasteiger partial charge in [0.1, 0.15) is 5.69 Å². The van der Waals surface area contributed by atoms with Gasteiger partial charge in [0.2, 0.25) is 0 Å². The highest BCUT2D eigenvalue weighted by atomic mass is 32.2. The second-order valence-electron chi connectivity index (χ2n) is 8.19. The van der Waals surface area contributed by atoms with Crippen LogP contribution in [-0.2, 0) is 16.1 Å². The summed E-state index contributed by atoms with van der Waals surface area (Å²) in [5.74, 6) is -1.68. The quantitative estimate of drug-likeness (QED) is 0.568. The molecule has 1 atom stereocenters. The highest BCUT2D eigenvalue weighted by Gasteiger charge is 2.51. The fourth-order valence-electron chi connectivity index (χ4n) is 3.97. The summed E-state index contributed by atoms with van der Waals surface area (Å²) in [5, 5.41) is 8.20. The zero-order chi connectivity index (χ0) is 24.3. The van der Waals surface area contributed by atoms with Gasteiger partial charge in [-0.3, -0.25) is 9.78 Å². The van der Waals surface area contributed by atoms with E-state index in [9.17, 15) is 18.0 Å². The van der Waals surface area contributed by atoms with Crippen LogP contribution in [-0.4, -0.2) is 67.7 Å². The molecular formula is C23H22F3N3O4S. The van der Waals surface area contributed by atoms with Crippen LogP contribution in [0.5, 0.6) is 0 Å². The lowest BCUT2D eigenvalue weighted by molar-refractivity contribution is -0.192. The van der Waals surface area contributed by atoms with Crippen molar-refractivity contribution in [3.63, 3.8) is 0 Å². The van der Waals surface area contributed by atoms with Crippen molar-refractivity contribution in [3.8, 4) is 0 Å². The maximum atomic E-state index is 12.8. The molecule has 1 amide bonds. The molecule has 2 aliphatic rings. The van der Waals surface area contributed by atoms with Crippen molar-refractivity contribution >= 4 is 34.5 Å². The van der Waals surface area contributed by atoms with E-state index in [-0.39, 0.29) is 16.8 Å². The fraction of sp³-hybridized carbons (Fsp3) is 0.348. The van der Waals surface area contributed by atoms with Crippen LogP contribution in [0.4, 0.5) is 13.2 Å². The number of aromatic nitrogens is 2. The molecule has 0 saturated carbocycles. The number of alkyl halides is 3. The van der Waals surface area contributed by atoms with E-state index >= 15 is 0 Å². The van der Waals surface area contributed by atoms with E-state index in [1.54, 1.807) is 6.20 Å². The van der Waals surface area contributed by atoms with Crippen LogP contribution in [0.2, 0.25) is 0 Å². The molecule has 34 heavy (non-hydrogen) atoms. The third kappa shape index (κ3) is 5.53. The van der Waals surface area contributed by atoms with Crippen molar-refractivity contribution in [2.24, 2.45) is 0 Å². The van der Waals surface area contributed by atoms with E-state index in [0.717, 1.165) is 41.9 Å². The van der Waals surface area contributed by atoms with E-state index in [0.29, 0.717) is 12.3 Å². The Labute approximate surface area is 197 Å². The normalized spacial score (nSPS) is 18.9. The first-order chi connectivity index (χ1) is 16.2.